The summed E-state index contributed by atoms with van der Waals surface area (Å²) in [7, 11) is 1.96. The average molecular weight is 310 g/mol. The van der Waals surface area contributed by atoms with Gasteiger partial charge in [-0.1, -0.05) is 0 Å². The topological polar surface area (TPSA) is 26.9 Å². The molecule has 0 spiro atoms. The van der Waals surface area contributed by atoms with Crippen LogP contribution >= 0.6 is 0 Å². The van der Waals surface area contributed by atoms with E-state index in [1.165, 1.54) is 12.1 Å². The molecule has 23 heavy (non-hydrogen) atoms. The fourth-order valence-corrected chi connectivity index (χ4v) is 3.80. The number of hydrogen-bond acceptors (Lipinski definition) is 1. The van der Waals surface area contributed by atoms with Crippen molar-refractivity contribution in [3.8, 4) is 0 Å². The van der Waals surface area contributed by atoms with E-state index in [2.05, 4.69) is 4.57 Å². The highest BCUT2D eigenvalue weighted by Crippen LogP contribution is 2.34. The summed E-state index contributed by atoms with van der Waals surface area (Å²) in [4.78, 5) is 13.0. The maximum absolute atomic E-state index is 13.7. The van der Waals surface area contributed by atoms with Crippen molar-refractivity contribution in [1.29, 1.82) is 0 Å². The fraction of sp³-hybridized carbons (Fsp3) is 0.316. The van der Waals surface area contributed by atoms with Crippen LogP contribution in [0.4, 0.5) is 4.39 Å². The number of benzene rings is 1. The summed E-state index contributed by atoms with van der Waals surface area (Å²) in [5.74, 6) is -0.180. The summed E-state index contributed by atoms with van der Waals surface area (Å²) in [6.07, 6.45) is 3.72. The van der Waals surface area contributed by atoms with Crippen LogP contribution in [0, 0.1) is 18.7 Å². The molecule has 0 saturated carbocycles. The number of halogens is 1. The van der Waals surface area contributed by atoms with E-state index in [1.54, 1.807) is 6.07 Å². The van der Waals surface area contributed by atoms with E-state index < -0.39 is 0 Å². The second-order valence-corrected chi connectivity index (χ2v) is 6.44. The minimum Gasteiger partial charge on any atom is -0.351 e. The first-order valence-electron chi connectivity index (χ1n) is 7.99. The van der Waals surface area contributed by atoms with Crippen LogP contribution in [0.5, 0.6) is 0 Å². The first-order valence-corrected chi connectivity index (χ1v) is 7.99. The lowest BCUT2D eigenvalue weighted by molar-refractivity contribution is 0.0888. The Morgan fingerprint density at radius 3 is 2.87 bits per heavy atom. The van der Waals surface area contributed by atoms with E-state index in [9.17, 15) is 9.18 Å². The minimum atomic E-state index is -0.290. The van der Waals surface area contributed by atoms with Crippen molar-refractivity contribution in [2.24, 2.45) is 13.0 Å². The number of rotatable bonds is 2. The summed E-state index contributed by atoms with van der Waals surface area (Å²) in [5, 5.41) is 0.751. The molecule has 0 saturated heterocycles. The Morgan fingerprint density at radius 2 is 2.13 bits per heavy atom. The van der Waals surface area contributed by atoms with E-state index in [0.29, 0.717) is 6.54 Å². The van der Waals surface area contributed by atoms with Gasteiger partial charge in [0.1, 0.15) is 5.82 Å². The molecule has 0 radical (unpaired) electrons. The van der Waals surface area contributed by atoms with Gasteiger partial charge in [-0.2, -0.15) is 0 Å². The molecule has 3 aromatic rings. The van der Waals surface area contributed by atoms with E-state index in [-0.39, 0.29) is 17.5 Å². The third-order valence-corrected chi connectivity index (χ3v) is 5.10. The SMILES string of the molecule is Cc1cccn1CC1CCc2c(c3cc(F)ccc3n2C)C1=O. The molecule has 1 aromatic carbocycles. The van der Waals surface area contributed by atoms with Crippen LogP contribution in [0.1, 0.15) is 28.2 Å². The maximum Gasteiger partial charge on any atom is 0.170 e. The van der Waals surface area contributed by atoms with Gasteiger partial charge in [-0.05, 0) is 50.1 Å². The van der Waals surface area contributed by atoms with Gasteiger partial charge in [0, 0.05) is 53.6 Å². The zero-order valence-corrected chi connectivity index (χ0v) is 13.3. The summed E-state index contributed by atoms with van der Waals surface area (Å²) in [6.45, 7) is 2.74. The van der Waals surface area contributed by atoms with Crippen molar-refractivity contribution in [3.05, 3.63) is 59.3 Å². The van der Waals surface area contributed by atoms with E-state index in [0.717, 1.165) is 40.7 Å². The molecule has 0 amide bonds. The smallest absolute Gasteiger partial charge is 0.170 e. The number of fused-ring (bicyclic) bond motifs is 3. The quantitative estimate of drug-likeness (QED) is 0.706. The molecule has 0 aliphatic heterocycles. The van der Waals surface area contributed by atoms with Gasteiger partial charge in [0.25, 0.3) is 0 Å². The molecular weight excluding hydrogens is 291 g/mol. The van der Waals surface area contributed by atoms with Gasteiger partial charge in [0.2, 0.25) is 0 Å². The Hall–Kier alpha value is -2.36. The van der Waals surface area contributed by atoms with Crippen LogP contribution < -0.4 is 0 Å². The van der Waals surface area contributed by atoms with E-state index in [4.69, 9.17) is 0 Å². The third kappa shape index (κ3) is 2.12. The Labute approximate surface area is 134 Å². The maximum atomic E-state index is 13.7. The van der Waals surface area contributed by atoms with Gasteiger partial charge in [-0.25, -0.2) is 4.39 Å². The molecule has 118 valence electrons. The van der Waals surface area contributed by atoms with Gasteiger partial charge in [0.05, 0.1) is 0 Å². The van der Waals surface area contributed by atoms with Crippen LogP contribution in [0.2, 0.25) is 0 Å². The lowest BCUT2D eigenvalue weighted by atomic mass is 9.85. The first-order chi connectivity index (χ1) is 11.1. The van der Waals surface area contributed by atoms with Crippen molar-refractivity contribution in [3.63, 3.8) is 0 Å². The molecule has 3 nitrogen and oxygen atoms in total. The molecule has 0 fully saturated rings. The molecule has 2 heterocycles. The molecule has 4 heteroatoms. The monoisotopic (exact) mass is 310 g/mol. The van der Waals surface area contributed by atoms with Gasteiger partial charge in [-0.15, -0.1) is 0 Å². The number of nitrogens with zero attached hydrogens (tertiary/aromatic N) is 2. The van der Waals surface area contributed by atoms with Crippen LogP contribution in [-0.4, -0.2) is 14.9 Å². The number of aromatic nitrogens is 2. The number of carbonyl (C=O) groups is 1. The normalized spacial score (nSPS) is 17.7. The van der Waals surface area contributed by atoms with Gasteiger partial charge < -0.3 is 9.13 Å². The minimum absolute atomic E-state index is 0.0394. The highest BCUT2D eigenvalue weighted by molar-refractivity contribution is 6.11. The van der Waals surface area contributed by atoms with Crippen molar-refractivity contribution in [1.82, 2.24) is 9.13 Å². The number of hydrogen-bond donors (Lipinski definition) is 0. The van der Waals surface area contributed by atoms with Gasteiger partial charge in [0.15, 0.2) is 5.78 Å². The second-order valence-electron chi connectivity index (χ2n) is 6.44. The predicted octanol–water partition coefficient (Wildman–Crippen LogP) is 3.87. The summed E-state index contributed by atoms with van der Waals surface area (Å²) in [6, 6.07) is 8.77. The largest absolute Gasteiger partial charge is 0.351 e. The second kappa shape index (κ2) is 5.08. The Morgan fingerprint density at radius 1 is 1.30 bits per heavy atom. The lowest BCUT2D eigenvalue weighted by Gasteiger charge is -2.23. The van der Waals surface area contributed by atoms with Crippen LogP contribution in [-0.2, 0) is 20.0 Å². The van der Waals surface area contributed by atoms with Crippen LogP contribution in [0.3, 0.4) is 0 Å². The van der Waals surface area contributed by atoms with Gasteiger partial charge >= 0.3 is 0 Å². The molecule has 1 aliphatic carbocycles. The van der Waals surface area contributed by atoms with Crippen molar-refractivity contribution >= 4 is 16.7 Å². The summed E-state index contributed by atoms with van der Waals surface area (Å²) >= 11 is 0. The van der Waals surface area contributed by atoms with Crippen LogP contribution in [0.25, 0.3) is 10.9 Å². The fourth-order valence-electron chi connectivity index (χ4n) is 3.80. The van der Waals surface area contributed by atoms with Crippen molar-refractivity contribution in [2.45, 2.75) is 26.3 Å². The Bertz CT molecular complexity index is 919. The molecule has 1 atom stereocenters. The van der Waals surface area contributed by atoms with Gasteiger partial charge in [-0.3, -0.25) is 4.79 Å². The summed E-state index contributed by atoms with van der Waals surface area (Å²) < 4.78 is 17.8. The summed E-state index contributed by atoms with van der Waals surface area (Å²) in [5.41, 5.74) is 3.86. The first kappa shape index (κ1) is 14.2. The molecule has 4 rings (SSSR count). The van der Waals surface area contributed by atoms with E-state index >= 15 is 0 Å². The molecule has 0 N–H and O–H groups in total. The van der Waals surface area contributed by atoms with Crippen LogP contribution in [0.15, 0.2) is 36.5 Å². The Balaban J connectivity index is 1.79. The zero-order chi connectivity index (χ0) is 16.1. The number of Topliss-reactive ketones (excluding diaryl/α,β-unsaturated/α-hetero) is 1. The molecule has 1 aliphatic rings. The van der Waals surface area contributed by atoms with Crippen molar-refractivity contribution < 1.29 is 9.18 Å². The van der Waals surface area contributed by atoms with E-state index in [1.807, 2.05) is 36.9 Å². The van der Waals surface area contributed by atoms with Crippen molar-refractivity contribution in [2.75, 3.05) is 0 Å². The number of aryl methyl sites for hydroxylation is 2. The third-order valence-electron chi connectivity index (χ3n) is 5.10. The Kier molecular flexibility index (Phi) is 3.15. The highest BCUT2D eigenvalue weighted by atomic mass is 19.1. The predicted molar refractivity (Wildman–Crippen MR) is 88.2 cm³/mol. The zero-order valence-electron chi connectivity index (χ0n) is 13.3. The molecular formula is C19H19FN2O. The number of carbonyl (C=O) groups excluding carboxylic acids is 1. The average Bonchev–Trinajstić information content (AvgIpc) is 3.05. The standard InChI is InChI=1S/C19H19FN2O/c1-12-4-3-9-22(12)11-13-5-7-17-18(19(13)23)15-10-14(20)6-8-16(15)21(17)2/h3-4,6,8-10,13H,5,7,11H2,1-2H3. The molecule has 0 bridgehead atoms. The molecule has 2 aromatic heterocycles. The highest BCUT2D eigenvalue weighted by Gasteiger charge is 2.32. The molecule has 1 unspecified atom stereocenters. The number of ketones is 1. The lowest BCUT2D eigenvalue weighted by Crippen LogP contribution is -2.27.